The van der Waals surface area contributed by atoms with Gasteiger partial charge in [0.05, 0.1) is 12.1 Å². The van der Waals surface area contributed by atoms with Crippen LogP contribution in [0.2, 0.25) is 5.02 Å². The minimum atomic E-state index is -0.425. The Morgan fingerprint density at radius 2 is 2.10 bits per heavy atom. The first kappa shape index (κ1) is 21.0. The van der Waals surface area contributed by atoms with E-state index < -0.39 is 11.6 Å². The van der Waals surface area contributed by atoms with Crippen molar-refractivity contribution in [2.45, 2.75) is 23.4 Å². The van der Waals surface area contributed by atoms with Crippen LogP contribution in [0.3, 0.4) is 0 Å². The number of methoxy groups -OCH3 is 1. The van der Waals surface area contributed by atoms with E-state index in [4.69, 9.17) is 16.3 Å². The number of benzene rings is 2. The van der Waals surface area contributed by atoms with Crippen LogP contribution in [0.1, 0.15) is 5.56 Å². The number of hydrogen-bond acceptors (Lipinski definition) is 6. The van der Waals surface area contributed by atoms with Gasteiger partial charge in [0.15, 0.2) is 5.65 Å². The Balaban J connectivity index is 1.57. The SMILES string of the molecule is COc1ccc(NC(=O)Cn2nc3c(Sc4cccc(C)c4)nccn3c2=O)cc1Cl. The lowest BCUT2D eigenvalue weighted by Gasteiger charge is -2.07. The molecule has 0 aliphatic carbocycles. The van der Waals surface area contributed by atoms with E-state index in [0.717, 1.165) is 15.1 Å². The lowest BCUT2D eigenvalue weighted by Crippen LogP contribution is -2.28. The van der Waals surface area contributed by atoms with Crippen LogP contribution in [0.15, 0.2) is 69.6 Å². The fourth-order valence-corrected chi connectivity index (χ4v) is 4.19. The molecule has 158 valence electrons. The number of carbonyl (C=O) groups excluding carboxylic acids is 1. The van der Waals surface area contributed by atoms with E-state index >= 15 is 0 Å². The van der Waals surface area contributed by atoms with Crippen molar-refractivity contribution in [1.82, 2.24) is 19.2 Å². The minimum absolute atomic E-state index is 0.251. The number of aryl methyl sites for hydroxylation is 1. The first-order valence-electron chi connectivity index (χ1n) is 9.26. The van der Waals surface area contributed by atoms with Gasteiger partial charge in [-0.25, -0.2) is 18.9 Å². The Labute approximate surface area is 186 Å². The third kappa shape index (κ3) is 4.57. The van der Waals surface area contributed by atoms with Gasteiger partial charge in [0.1, 0.15) is 17.3 Å². The molecule has 4 aromatic rings. The number of halogens is 1. The third-order valence-corrected chi connectivity index (χ3v) is 5.67. The first-order valence-corrected chi connectivity index (χ1v) is 10.5. The Morgan fingerprint density at radius 1 is 1.26 bits per heavy atom. The van der Waals surface area contributed by atoms with Crippen LogP contribution in [0.5, 0.6) is 5.75 Å². The van der Waals surface area contributed by atoms with Gasteiger partial charge in [-0.15, -0.1) is 5.10 Å². The van der Waals surface area contributed by atoms with Crippen molar-refractivity contribution in [3.63, 3.8) is 0 Å². The van der Waals surface area contributed by atoms with E-state index in [1.165, 1.54) is 35.7 Å². The maximum atomic E-state index is 12.7. The van der Waals surface area contributed by atoms with Crippen molar-refractivity contribution in [2.24, 2.45) is 0 Å². The van der Waals surface area contributed by atoms with Crippen LogP contribution in [0.25, 0.3) is 5.65 Å². The number of nitrogens with zero attached hydrogens (tertiary/aromatic N) is 4. The molecule has 8 nitrogen and oxygen atoms in total. The fraction of sp³-hybridized carbons (Fsp3) is 0.143. The number of amides is 1. The third-order valence-electron chi connectivity index (χ3n) is 4.40. The predicted octanol–water partition coefficient (Wildman–Crippen LogP) is 3.65. The average molecular weight is 456 g/mol. The molecule has 2 heterocycles. The maximum Gasteiger partial charge on any atom is 0.350 e. The van der Waals surface area contributed by atoms with Crippen LogP contribution >= 0.6 is 23.4 Å². The van der Waals surface area contributed by atoms with Gasteiger partial charge >= 0.3 is 5.69 Å². The summed E-state index contributed by atoms with van der Waals surface area (Å²) in [7, 11) is 1.51. The number of rotatable bonds is 6. The highest BCUT2D eigenvalue weighted by Gasteiger charge is 2.15. The molecule has 0 bridgehead atoms. The highest BCUT2D eigenvalue weighted by molar-refractivity contribution is 7.99. The van der Waals surface area contributed by atoms with E-state index in [0.29, 0.717) is 27.1 Å². The van der Waals surface area contributed by atoms with Gasteiger partial charge in [0.2, 0.25) is 5.91 Å². The van der Waals surface area contributed by atoms with Crippen molar-refractivity contribution < 1.29 is 9.53 Å². The molecule has 0 atom stereocenters. The quantitative estimate of drug-likeness (QED) is 0.477. The Hall–Kier alpha value is -3.30. The van der Waals surface area contributed by atoms with E-state index in [2.05, 4.69) is 15.4 Å². The van der Waals surface area contributed by atoms with Crippen molar-refractivity contribution in [2.75, 3.05) is 12.4 Å². The Bertz CT molecular complexity index is 1330. The number of hydrogen-bond donors (Lipinski definition) is 1. The number of carbonyl (C=O) groups is 1. The molecule has 31 heavy (non-hydrogen) atoms. The molecule has 0 saturated heterocycles. The topological polar surface area (TPSA) is 90.5 Å². The molecule has 2 aromatic carbocycles. The number of fused-ring (bicyclic) bond motifs is 1. The zero-order chi connectivity index (χ0) is 22.0. The summed E-state index contributed by atoms with van der Waals surface area (Å²) >= 11 is 7.50. The molecule has 0 saturated carbocycles. The number of ether oxygens (including phenoxy) is 1. The molecule has 0 fully saturated rings. The molecule has 1 N–H and O–H groups in total. The molecule has 0 spiro atoms. The van der Waals surface area contributed by atoms with Crippen LogP contribution in [-0.4, -0.2) is 32.2 Å². The molecule has 0 unspecified atom stereocenters. The lowest BCUT2D eigenvalue weighted by atomic mass is 10.2. The smallest absolute Gasteiger partial charge is 0.350 e. The summed E-state index contributed by atoms with van der Waals surface area (Å²) in [6.07, 6.45) is 3.07. The van der Waals surface area contributed by atoms with E-state index in [1.54, 1.807) is 18.2 Å². The first-order chi connectivity index (χ1) is 14.9. The largest absolute Gasteiger partial charge is 0.495 e. The van der Waals surface area contributed by atoms with E-state index in [9.17, 15) is 9.59 Å². The number of aromatic nitrogens is 4. The molecule has 0 aliphatic rings. The second kappa shape index (κ2) is 8.83. The highest BCUT2D eigenvalue weighted by Crippen LogP contribution is 2.29. The standard InChI is InChI=1S/C21H18ClN5O3S/c1-13-4-3-5-15(10-13)31-20-19-25-27(21(29)26(19)9-8-23-20)12-18(28)24-14-6-7-17(30-2)16(22)11-14/h3-11H,12H2,1-2H3,(H,24,28). The van der Waals surface area contributed by atoms with Crippen molar-refractivity contribution in [3.8, 4) is 5.75 Å². The molecule has 4 rings (SSSR count). The molecular formula is C21H18ClN5O3S. The van der Waals surface area contributed by atoms with E-state index in [-0.39, 0.29) is 6.54 Å². The average Bonchev–Trinajstić information content (AvgIpc) is 3.05. The highest BCUT2D eigenvalue weighted by atomic mass is 35.5. The molecule has 0 aliphatic heterocycles. The van der Waals surface area contributed by atoms with Crippen LogP contribution in [-0.2, 0) is 11.3 Å². The minimum Gasteiger partial charge on any atom is -0.495 e. The normalized spacial score (nSPS) is 10.9. The van der Waals surface area contributed by atoms with E-state index in [1.807, 2.05) is 31.2 Å². The molecule has 2 aromatic heterocycles. The molecule has 1 amide bonds. The van der Waals surface area contributed by atoms with Gasteiger partial charge in [-0.3, -0.25) is 4.79 Å². The van der Waals surface area contributed by atoms with Crippen molar-refractivity contribution in [1.29, 1.82) is 0 Å². The molecular weight excluding hydrogens is 438 g/mol. The zero-order valence-electron chi connectivity index (χ0n) is 16.7. The summed E-state index contributed by atoms with van der Waals surface area (Å²) < 4.78 is 7.59. The second-order valence-corrected chi connectivity index (χ2v) is 8.15. The molecule has 10 heteroatoms. The Morgan fingerprint density at radius 3 is 2.84 bits per heavy atom. The van der Waals surface area contributed by atoms with Crippen molar-refractivity contribution >= 4 is 40.6 Å². The van der Waals surface area contributed by atoms with Crippen molar-refractivity contribution in [3.05, 3.63) is 75.9 Å². The summed E-state index contributed by atoms with van der Waals surface area (Å²) in [4.78, 5) is 30.5. The summed E-state index contributed by atoms with van der Waals surface area (Å²) in [6.45, 7) is 1.75. The van der Waals surface area contributed by atoms with Gasteiger partial charge < -0.3 is 10.1 Å². The van der Waals surface area contributed by atoms with Gasteiger partial charge in [-0.05, 0) is 37.3 Å². The summed E-state index contributed by atoms with van der Waals surface area (Å²) in [5.74, 6) is 0.0926. The van der Waals surface area contributed by atoms with Gasteiger partial charge in [-0.2, -0.15) is 0 Å². The van der Waals surface area contributed by atoms with Gasteiger partial charge in [-0.1, -0.05) is 41.1 Å². The number of anilines is 1. The predicted molar refractivity (Wildman–Crippen MR) is 119 cm³/mol. The lowest BCUT2D eigenvalue weighted by molar-refractivity contribution is -0.117. The molecule has 0 radical (unpaired) electrons. The van der Waals surface area contributed by atoms with Gasteiger partial charge in [0, 0.05) is 23.0 Å². The Kier molecular flexibility index (Phi) is 5.97. The fourth-order valence-electron chi connectivity index (χ4n) is 2.97. The summed E-state index contributed by atoms with van der Waals surface area (Å²) in [5, 5.41) is 7.99. The van der Waals surface area contributed by atoms with Crippen LogP contribution < -0.4 is 15.7 Å². The second-order valence-electron chi connectivity index (χ2n) is 6.68. The van der Waals surface area contributed by atoms with Crippen LogP contribution in [0.4, 0.5) is 5.69 Å². The van der Waals surface area contributed by atoms with Gasteiger partial charge in [0.25, 0.3) is 0 Å². The van der Waals surface area contributed by atoms with Crippen LogP contribution in [0, 0.1) is 6.92 Å². The maximum absolute atomic E-state index is 12.7. The zero-order valence-corrected chi connectivity index (χ0v) is 18.3. The summed E-state index contributed by atoms with van der Waals surface area (Å²) in [5.41, 5.74) is 1.57. The monoisotopic (exact) mass is 455 g/mol. The number of nitrogens with one attached hydrogen (secondary N) is 1. The summed E-state index contributed by atoms with van der Waals surface area (Å²) in [6, 6.07) is 12.8.